The van der Waals surface area contributed by atoms with Crippen molar-refractivity contribution in [1.29, 1.82) is 0 Å². The highest BCUT2D eigenvalue weighted by Crippen LogP contribution is 2.59. The molecule has 2 aliphatic rings. The molecule has 2 unspecified atom stereocenters. The monoisotopic (exact) mass is 246 g/mol. The molecule has 17 heavy (non-hydrogen) atoms. The zero-order chi connectivity index (χ0) is 12.5. The van der Waals surface area contributed by atoms with Gasteiger partial charge in [-0.2, -0.15) is 0 Å². The van der Waals surface area contributed by atoms with Crippen LogP contribution in [-0.4, -0.2) is 19.1 Å². The van der Waals surface area contributed by atoms with Crippen LogP contribution >= 0.6 is 0 Å². The van der Waals surface area contributed by atoms with E-state index in [4.69, 9.17) is 4.74 Å². The van der Waals surface area contributed by atoms with Crippen LogP contribution in [0.3, 0.4) is 0 Å². The lowest BCUT2D eigenvalue weighted by Crippen LogP contribution is -2.23. The van der Waals surface area contributed by atoms with Crippen molar-refractivity contribution in [3.05, 3.63) is 0 Å². The topological polar surface area (TPSA) is 9.23 Å². The predicted octanol–water partition coefficient (Wildman–Crippen LogP) is 4.26. The number of halogens is 2. The van der Waals surface area contributed by atoms with Gasteiger partial charge in [0.2, 0.25) is 5.92 Å². The third kappa shape index (κ3) is 2.98. The highest BCUT2D eigenvalue weighted by molar-refractivity contribution is 5.05. The minimum atomic E-state index is -2.48. The van der Waals surface area contributed by atoms with Crippen LogP contribution in [0.25, 0.3) is 0 Å². The highest BCUT2D eigenvalue weighted by Gasteiger charge is 2.57. The smallest absolute Gasteiger partial charge is 0.250 e. The maximum Gasteiger partial charge on any atom is 0.250 e. The molecule has 1 saturated heterocycles. The Morgan fingerprint density at radius 2 is 2.06 bits per heavy atom. The Hall–Kier alpha value is -0.180. The number of rotatable bonds is 7. The van der Waals surface area contributed by atoms with Crippen LogP contribution in [0.2, 0.25) is 0 Å². The van der Waals surface area contributed by atoms with Crippen LogP contribution in [0.5, 0.6) is 0 Å². The molecule has 0 spiro atoms. The normalized spacial score (nSPS) is 31.9. The van der Waals surface area contributed by atoms with Crippen LogP contribution < -0.4 is 0 Å². The molecule has 0 N–H and O–H groups in total. The SMILES string of the molecule is CC(C)C(F)(F)CCCCCC12COCC1C2. The van der Waals surface area contributed by atoms with Gasteiger partial charge in [-0.05, 0) is 30.6 Å². The van der Waals surface area contributed by atoms with Crippen molar-refractivity contribution < 1.29 is 13.5 Å². The van der Waals surface area contributed by atoms with Crippen molar-refractivity contribution in [2.24, 2.45) is 17.3 Å². The van der Waals surface area contributed by atoms with Crippen molar-refractivity contribution in [2.75, 3.05) is 13.2 Å². The molecule has 1 nitrogen and oxygen atoms in total. The van der Waals surface area contributed by atoms with Crippen LogP contribution in [0.15, 0.2) is 0 Å². The largest absolute Gasteiger partial charge is 0.381 e. The Kier molecular flexibility index (Phi) is 3.77. The number of unbranched alkanes of at least 4 members (excludes halogenated alkanes) is 2. The van der Waals surface area contributed by atoms with E-state index in [-0.39, 0.29) is 6.42 Å². The Bertz CT molecular complexity index is 259. The van der Waals surface area contributed by atoms with Crippen LogP contribution in [-0.2, 0) is 4.74 Å². The van der Waals surface area contributed by atoms with Crippen LogP contribution in [0.4, 0.5) is 8.78 Å². The molecule has 0 amide bonds. The van der Waals surface area contributed by atoms with Gasteiger partial charge in [0.25, 0.3) is 0 Å². The molecule has 1 aliphatic carbocycles. The maximum atomic E-state index is 13.3. The molecule has 2 fully saturated rings. The van der Waals surface area contributed by atoms with Gasteiger partial charge in [0.15, 0.2) is 0 Å². The van der Waals surface area contributed by atoms with E-state index in [1.807, 2.05) is 0 Å². The van der Waals surface area contributed by atoms with Crippen LogP contribution in [0, 0.1) is 17.3 Å². The molecule has 0 bridgehead atoms. The van der Waals surface area contributed by atoms with Crippen molar-refractivity contribution in [2.45, 2.75) is 58.3 Å². The molecule has 3 heteroatoms. The van der Waals surface area contributed by atoms with Gasteiger partial charge in [0, 0.05) is 12.3 Å². The minimum Gasteiger partial charge on any atom is -0.381 e. The molecule has 0 aromatic rings. The third-order valence-corrected chi connectivity index (χ3v) is 4.60. The number of hydrogen-bond donors (Lipinski definition) is 0. The van der Waals surface area contributed by atoms with Gasteiger partial charge >= 0.3 is 0 Å². The van der Waals surface area contributed by atoms with E-state index in [9.17, 15) is 8.78 Å². The van der Waals surface area contributed by atoms with Gasteiger partial charge in [-0.3, -0.25) is 0 Å². The third-order valence-electron chi connectivity index (χ3n) is 4.60. The van der Waals surface area contributed by atoms with Crippen molar-refractivity contribution in [1.82, 2.24) is 0 Å². The Labute approximate surface area is 103 Å². The summed E-state index contributed by atoms with van der Waals surface area (Å²) in [5.41, 5.74) is 0.473. The Balaban J connectivity index is 1.55. The summed E-state index contributed by atoms with van der Waals surface area (Å²) in [5.74, 6) is -2.21. The molecule has 1 saturated carbocycles. The van der Waals surface area contributed by atoms with E-state index in [0.717, 1.165) is 32.0 Å². The fraction of sp³-hybridized carbons (Fsp3) is 1.00. The zero-order valence-electron chi connectivity index (χ0n) is 11.0. The Morgan fingerprint density at radius 1 is 1.29 bits per heavy atom. The Morgan fingerprint density at radius 3 is 2.59 bits per heavy atom. The summed E-state index contributed by atoms with van der Waals surface area (Å²) < 4.78 is 32.1. The number of ether oxygens (including phenoxy) is 1. The van der Waals surface area contributed by atoms with Gasteiger partial charge in [0.05, 0.1) is 13.2 Å². The van der Waals surface area contributed by atoms with E-state index in [1.54, 1.807) is 13.8 Å². The summed E-state index contributed by atoms with van der Waals surface area (Å²) >= 11 is 0. The fourth-order valence-electron chi connectivity index (χ4n) is 2.93. The summed E-state index contributed by atoms with van der Waals surface area (Å²) in [7, 11) is 0. The first-order valence-electron chi connectivity index (χ1n) is 6.92. The first kappa shape index (κ1) is 13.3. The van der Waals surface area contributed by atoms with Crippen LogP contribution in [0.1, 0.15) is 52.4 Å². The fourth-order valence-corrected chi connectivity index (χ4v) is 2.93. The van der Waals surface area contributed by atoms with Crippen molar-refractivity contribution in [3.63, 3.8) is 0 Å². The lowest BCUT2D eigenvalue weighted by atomic mass is 9.95. The van der Waals surface area contributed by atoms with Gasteiger partial charge in [-0.15, -0.1) is 0 Å². The van der Waals surface area contributed by atoms with Gasteiger partial charge in [-0.1, -0.05) is 26.7 Å². The second kappa shape index (κ2) is 4.83. The standard InChI is InChI=1S/C14H24F2O/c1-11(2)14(15,16)7-5-3-4-6-13-8-12(13)9-17-10-13/h11-12H,3-10H2,1-2H3. The first-order chi connectivity index (χ1) is 7.96. The molecule has 0 aromatic heterocycles. The first-order valence-corrected chi connectivity index (χ1v) is 6.92. The average Bonchev–Trinajstić information content (AvgIpc) is 2.79. The van der Waals surface area contributed by atoms with Gasteiger partial charge < -0.3 is 4.74 Å². The lowest BCUT2D eigenvalue weighted by Gasteiger charge is -2.20. The number of alkyl halides is 2. The molecule has 1 heterocycles. The lowest BCUT2D eigenvalue weighted by molar-refractivity contribution is -0.0541. The number of hydrogen-bond acceptors (Lipinski definition) is 1. The average molecular weight is 246 g/mol. The zero-order valence-corrected chi connectivity index (χ0v) is 11.0. The van der Waals surface area contributed by atoms with E-state index < -0.39 is 11.8 Å². The van der Waals surface area contributed by atoms with E-state index in [1.165, 1.54) is 12.8 Å². The number of fused-ring (bicyclic) bond motifs is 1. The summed E-state index contributed by atoms with van der Waals surface area (Å²) in [6.07, 6.45) is 5.25. The van der Waals surface area contributed by atoms with E-state index in [0.29, 0.717) is 11.8 Å². The molecule has 2 rings (SSSR count). The second-order valence-corrected chi connectivity index (χ2v) is 6.25. The molecule has 1 aliphatic heterocycles. The van der Waals surface area contributed by atoms with Crippen molar-refractivity contribution in [3.8, 4) is 0 Å². The second-order valence-electron chi connectivity index (χ2n) is 6.25. The molecule has 0 aromatic carbocycles. The quantitative estimate of drug-likeness (QED) is 0.610. The van der Waals surface area contributed by atoms with Crippen molar-refractivity contribution >= 4 is 0 Å². The summed E-state index contributed by atoms with van der Waals surface area (Å²) in [6.45, 7) is 5.05. The van der Waals surface area contributed by atoms with E-state index >= 15 is 0 Å². The van der Waals surface area contributed by atoms with E-state index in [2.05, 4.69) is 0 Å². The molecular formula is C14H24F2O. The minimum absolute atomic E-state index is 0.0532. The molecule has 100 valence electrons. The molecule has 2 atom stereocenters. The molecule has 0 radical (unpaired) electrons. The summed E-state index contributed by atoms with van der Waals surface area (Å²) in [6, 6.07) is 0. The maximum absolute atomic E-state index is 13.3. The predicted molar refractivity (Wildman–Crippen MR) is 64.2 cm³/mol. The highest BCUT2D eigenvalue weighted by atomic mass is 19.3. The summed E-state index contributed by atoms with van der Waals surface area (Å²) in [5, 5.41) is 0. The van der Waals surface area contributed by atoms with Gasteiger partial charge in [-0.25, -0.2) is 8.78 Å². The molecular weight excluding hydrogens is 222 g/mol. The van der Waals surface area contributed by atoms with Gasteiger partial charge in [0.1, 0.15) is 0 Å². The summed E-state index contributed by atoms with van der Waals surface area (Å²) in [4.78, 5) is 0.